The number of carbonyl (C=O) groups excluding carboxylic acids is 1. The third-order valence-corrected chi connectivity index (χ3v) is 4.88. The molecule has 3 rings (SSSR count). The smallest absolute Gasteiger partial charge is 0.317 e. The van der Waals surface area contributed by atoms with Crippen molar-refractivity contribution in [3.05, 3.63) is 34.8 Å². The Morgan fingerprint density at radius 3 is 2.96 bits per heavy atom. The lowest BCUT2D eigenvalue weighted by Crippen LogP contribution is -2.53. The van der Waals surface area contributed by atoms with E-state index in [2.05, 4.69) is 27.1 Å². The first-order valence-corrected chi connectivity index (χ1v) is 8.74. The van der Waals surface area contributed by atoms with E-state index in [-0.39, 0.29) is 12.1 Å². The third-order valence-electron chi connectivity index (χ3n) is 4.25. The van der Waals surface area contributed by atoms with Gasteiger partial charge in [0, 0.05) is 44.5 Å². The van der Waals surface area contributed by atoms with Crippen LogP contribution in [0.15, 0.2) is 23.3 Å². The first-order valence-electron chi connectivity index (χ1n) is 7.80. The summed E-state index contributed by atoms with van der Waals surface area (Å²) < 4.78 is 2.03. The molecule has 1 atom stereocenters. The lowest BCUT2D eigenvalue weighted by Gasteiger charge is -2.40. The van der Waals surface area contributed by atoms with Gasteiger partial charge in [-0.3, -0.25) is 4.90 Å². The van der Waals surface area contributed by atoms with E-state index in [1.165, 1.54) is 11.3 Å². The normalized spacial score (nSPS) is 19.0. The summed E-state index contributed by atoms with van der Waals surface area (Å²) in [7, 11) is 2.00. The van der Waals surface area contributed by atoms with Crippen molar-refractivity contribution < 1.29 is 4.79 Å². The van der Waals surface area contributed by atoms with Gasteiger partial charge in [0.05, 0.1) is 23.8 Å². The molecule has 0 spiro atoms. The lowest BCUT2D eigenvalue weighted by molar-refractivity contribution is 0.0877. The molecule has 0 aliphatic carbocycles. The van der Waals surface area contributed by atoms with E-state index in [1.54, 1.807) is 5.51 Å². The molecule has 1 saturated heterocycles. The highest BCUT2D eigenvalue weighted by Crippen LogP contribution is 2.23. The Bertz CT molecular complexity index is 640. The van der Waals surface area contributed by atoms with Gasteiger partial charge in [0.1, 0.15) is 5.82 Å². The second kappa shape index (κ2) is 7.10. The molecule has 1 N–H and O–H groups in total. The van der Waals surface area contributed by atoms with Gasteiger partial charge in [0.15, 0.2) is 0 Å². The number of hydrogen-bond donors (Lipinski definition) is 1. The van der Waals surface area contributed by atoms with Gasteiger partial charge in [-0.2, -0.15) is 0 Å². The van der Waals surface area contributed by atoms with Crippen LogP contribution >= 0.6 is 11.3 Å². The van der Waals surface area contributed by atoms with E-state index < -0.39 is 0 Å². The zero-order valence-electron chi connectivity index (χ0n) is 13.5. The maximum atomic E-state index is 12.4. The summed E-state index contributed by atoms with van der Waals surface area (Å²) in [5.41, 5.74) is 2.68. The van der Waals surface area contributed by atoms with Gasteiger partial charge in [0.2, 0.25) is 0 Å². The van der Waals surface area contributed by atoms with E-state index in [4.69, 9.17) is 0 Å². The standard InChI is InChI=1S/C15H22N6OS/c1-3-20-6-7-21(9-13(20)14-16-4-5-19(14)2)15(22)17-8-12-10-23-11-18-12/h4-5,10-11,13H,3,6-9H2,1-2H3,(H,17,22). The molecule has 8 heteroatoms. The minimum absolute atomic E-state index is 0.0343. The van der Waals surface area contributed by atoms with Crippen molar-refractivity contribution in [3.8, 4) is 0 Å². The van der Waals surface area contributed by atoms with Gasteiger partial charge in [-0.05, 0) is 6.54 Å². The van der Waals surface area contributed by atoms with Crippen LogP contribution in [0.2, 0.25) is 0 Å². The van der Waals surface area contributed by atoms with Crippen LogP contribution in [0.3, 0.4) is 0 Å². The summed E-state index contributed by atoms with van der Waals surface area (Å²) in [5.74, 6) is 1.00. The van der Waals surface area contributed by atoms with Gasteiger partial charge >= 0.3 is 6.03 Å². The minimum atomic E-state index is -0.0343. The minimum Gasteiger partial charge on any atom is -0.337 e. The average molecular weight is 334 g/mol. The second-order valence-electron chi connectivity index (χ2n) is 5.63. The molecule has 3 heterocycles. The number of nitrogens with zero attached hydrogens (tertiary/aromatic N) is 5. The molecule has 0 radical (unpaired) electrons. The van der Waals surface area contributed by atoms with E-state index in [1.807, 2.05) is 34.3 Å². The Morgan fingerprint density at radius 1 is 1.43 bits per heavy atom. The molecule has 7 nitrogen and oxygen atoms in total. The quantitative estimate of drug-likeness (QED) is 0.919. The van der Waals surface area contributed by atoms with Crippen LogP contribution < -0.4 is 5.32 Å². The zero-order valence-corrected chi connectivity index (χ0v) is 14.3. The molecule has 0 bridgehead atoms. The fourth-order valence-electron chi connectivity index (χ4n) is 2.93. The maximum Gasteiger partial charge on any atom is 0.317 e. The monoisotopic (exact) mass is 334 g/mol. The number of nitrogens with one attached hydrogen (secondary N) is 1. The number of amides is 2. The Balaban J connectivity index is 1.65. The average Bonchev–Trinajstić information content (AvgIpc) is 3.23. The number of carbonyl (C=O) groups is 1. The molecule has 1 fully saturated rings. The van der Waals surface area contributed by atoms with Gasteiger partial charge in [-0.15, -0.1) is 11.3 Å². The second-order valence-corrected chi connectivity index (χ2v) is 6.34. The maximum absolute atomic E-state index is 12.4. The van der Waals surface area contributed by atoms with Crippen LogP contribution in [0.4, 0.5) is 4.79 Å². The van der Waals surface area contributed by atoms with E-state index in [0.717, 1.165) is 31.2 Å². The first-order chi connectivity index (χ1) is 11.2. The highest BCUT2D eigenvalue weighted by atomic mass is 32.1. The van der Waals surface area contributed by atoms with Crippen LogP contribution in [-0.4, -0.2) is 56.5 Å². The largest absolute Gasteiger partial charge is 0.337 e. The van der Waals surface area contributed by atoms with Crippen molar-refractivity contribution in [3.63, 3.8) is 0 Å². The van der Waals surface area contributed by atoms with E-state index >= 15 is 0 Å². The number of piperazine rings is 1. The Labute approximate surface area is 139 Å². The Hall–Kier alpha value is -1.93. The van der Waals surface area contributed by atoms with Gasteiger partial charge < -0.3 is 14.8 Å². The van der Waals surface area contributed by atoms with Crippen molar-refractivity contribution in [2.24, 2.45) is 7.05 Å². The van der Waals surface area contributed by atoms with Crippen molar-refractivity contribution in [2.75, 3.05) is 26.2 Å². The van der Waals surface area contributed by atoms with E-state index in [9.17, 15) is 4.79 Å². The molecule has 23 heavy (non-hydrogen) atoms. The summed E-state index contributed by atoms with van der Waals surface area (Å²) in [5, 5.41) is 4.90. The van der Waals surface area contributed by atoms with Crippen molar-refractivity contribution in [2.45, 2.75) is 19.5 Å². The number of hydrogen-bond acceptors (Lipinski definition) is 5. The molecule has 0 saturated carbocycles. The number of imidazole rings is 1. The summed E-state index contributed by atoms with van der Waals surface area (Å²) in [4.78, 5) is 25.3. The molecule has 124 valence electrons. The van der Waals surface area contributed by atoms with Crippen molar-refractivity contribution in [1.29, 1.82) is 0 Å². The summed E-state index contributed by atoms with van der Waals surface area (Å²) in [6.45, 7) is 5.82. The number of thiazole rings is 1. The van der Waals surface area contributed by atoms with Crippen LogP contribution in [0, 0.1) is 0 Å². The number of likely N-dealkylation sites (N-methyl/N-ethyl adjacent to an activating group) is 1. The number of aryl methyl sites for hydroxylation is 1. The predicted molar refractivity (Wildman–Crippen MR) is 89.1 cm³/mol. The topological polar surface area (TPSA) is 66.3 Å². The molecule has 0 aromatic carbocycles. The third kappa shape index (κ3) is 3.53. The van der Waals surface area contributed by atoms with Crippen molar-refractivity contribution in [1.82, 2.24) is 29.7 Å². The predicted octanol–water partition coefficient (Wildman–Crippen LogP) is 1.46. The summed E-state index contributed by atoms with van der Waals surface area (Å²) in [6.07, 6.45) is 3.76. The number of aromatic nitrogens is 3. The van der Waals surface area contributed by atoms with E-state index in [0.29, 0.717) is 13.1 Å². The van der Waals surface area contributed by atoms with Crippen LogP contribution in [0.25, 0.3) is 0 Å². The highest BCUT2D eigenvalue weighted by Gasteiger charge is 2.31. The summed E-state index contributed by atoms with van der Waals surface area (Å²) in [6, 6.07) is 0.103. The SMILES string of the molecule is CCN1CCN(C(=O)NCc2cscn2)CC1c1nccn1C. The van der Waals surface area contributed by atoms with Crippen molar-refractivity contribution >= 4 is 17.4 Å². The first kappa shape index (κ1) is 15.9. The fourth-order valence-corrected chi connectivity index (χ4v) is 3.49. The number of rotatable bonds is 4. The van der Waals surface area contributed by atoms with Gasteiger partial charge in [-0.25, -0.2) is 14.8 Å². The van der Waals surface area contributed by atoms with Gasteiger partial charge in [-0.1, -0.05) is 6.92 Å². The molecule has 1 unspecified atom stereocenters. The van der Waals surface area contributed by atoms with Gasteiger partial charge in [0.25, 0.3) is 0 Å². The fraction of sp³-hybridized carbons (Fsp3) is 0.533. The Morgan fingerprint density at radius 2 is 2.30 bits per heavy atom. The molecule has 2 amide bonds. The van der Waals surface area contributed by atoms with Crippen LogP contribution in [0.5, 0.6) is 0 Å². The van der Waals surface area contributed by atoms with Crippen LogP contribution in [0.1, 0.15) is 24.5 Å². The molecule has 2 aromatic rings. The highest BCUT2D eigenvalue weighted by molar-refractivity contribution is 7.07. The molecular weight excluding hydrogens is 312 g/mol. The molecule has 1 aliphatic heterocycles. The lowest BCUT2D eigenvalue weighted by atomic mass is 10.1. The molecule has 2 aromatic heterocycles. The number of urea groups is 1. The van der Waals surface area contributed by atoms with Crippen LogP contribution in [-0.2, 0) is 13.6 Å². The Kier molecular flexibility index (Phi) is 4.92. The molecular formula is C15H22N6OS. The summed E-state index contributed by atoms with van der Waals surface area (Å²) >= 11 is 1.54. The zero-order chi connectivity index (χ0) is 16.2. The molecule has 1 aliphatic rings.